The highest BCUT2D eigenvalue weighted by Gasteiger charge is 2.11. The summed E-state index contributed by atoms with van der Waals surface area (Å²) in [5, 5.41) is 12.0. The average Bonchev–Trinajstić information content (AvgIpc) is 2.84. The van der Waals surface area contributed by atoms with Gasteiger partial charge in [0.05, 0.1) is 0 Å². The van der Waals surface area contributed by atoms with Crippen LogP contribution in [-0.4, -0.2) is 22.9 Å². The third-order valence-electron chi connectivity index (χ3n) is 2.36. The van der Waals surface area contributed by atoms with E-state index in [1.165, 1.54) is 29.2 Å². The third kappa shape index (κ3) is 5.13. The van der Waals surface area contributed by atoms with Crippen molar-refractivity contribution in [3.05, 3.63) is 29.8 Å². The molecule has 0 spiro atoms. The van der Waals surface area contributed by atoms with Crippen molar-refractivity contribution < 1.29 is 13.5 Å². The first kappa shape index (κ1) is 16.0. The Hall–Kier alpha value is -1.41. The van der Waals surface area contributed by atoms with Crippen LogP contribution in [0.5, 0.6) is 5.75 Å². The molecule has 1 N–H and O–H groups in total. The molecule has 1 aromatic carbocycles. The second-order valence-corrected chi connectivity index (χ2v) is 6.65. The van der Waals surface area contributed by atoms with E-state index in [9.17, 15) is 8.78 Å². The maximum atomic E-state index is 12.3. The summed E-state index contributed by atoms with van der Waals surface area (Å²) in [6, 6.07) is 7.05. The molecule has 21 heavy (non-hydrogen) atoms. The predicted molar refractivity (Wildman–Crippen MR) is 81.3 cm³/mol. The Kier molecular flexibility index (Phi) is 5.75. The van der Waals surface area contributed by atoms with Crippen molar-refractivity contribution in [2.24, 2.45) is 0 Å². The molecule has 0 aliphatic carbocycles. The van der Waals surface area contributed by atoms with Crippen LogP contribution in [-0.2, 0) is 5.75 Å². The van der Waals surface area contributed by atoms with Gasteiger partial charge in [-0.3, -0.25) is 0 Å². The van der Waals surface area contributed by atoms with Gasteiger partial charge in [0.1, 0.15) is 5.75 Å². The summed E-state index contributed by atoms with van der Waals surface area (Å²) in [5.41, 5.74) is 0.705. The SMILES string of the molecule is CC(C)Nc1nnc(SCc2ccccc2OC(F)F)s1. The maximum absolute atomic E-state index is 12.3. The van der Waals surface area contributed by atoms with Crippen LogP contribution in [0.1, 0.15) is 19.4 Å². The zero-order chi connectivity index (χ0) is 15.2. The number of benzene rings is 1. The predicted octanol–water partition coefficient (Wildman–Crippen LogP) is 4.25. The van der Waals surface area contributed by atoms with Crippen LogP contribution >= 0.6 is 23.1 Å². The molecule has 0 unspecified atom stereocenters. The molecule has 0 aliphatic heterocycles. The van der Waals surface area contributed by atoms with Gasteiger partial charge in [-0.15, -0.1) is 10.2 Å². The molecule has 0 fully saturated rings. The molecule has 0 amide bonds. The maximum Gasteiger partial charge on any atom is 0.387 e. The van der Waals surface area contributed by atoms with Crippen molar-refractivity contribution in [1.82, 2.24) is 10.2 Å². The van der Waals surface area contributed by atoms with Crippen LogP contribution in [0.4, 0.5) is 13.9 Å². The van der Waals surface area contributed by atoms with E-state index < -0.39 is 6.61 Å². The molecule has 0 bridgehead atoms. The molecule has 1 aromatic heterocycles. The lowest BCUT2D eigenvalue weighted by Crippen LogP contribution is -2.08. The first-order valence-corrected chi connectivity index (χ1v) is 8.10. The number of alkyl halides is 2. The number of para-hydroxylation sites is 1. The molecule has 2 rings (SSSR count). The standard InChI is InChI=1S/C13H15F2N3OS2/c1-8(2)16-12-17-18-13(21-12)20-7-9-5-3-4-6-10(9)19-11(14)15/h3-6,8,11H,7H2,1-2H3,(H,16,17). The number of halogens is 2. The fourth-order valence-corrected chi connectivity index (χ4v) is 3.44. The molecule has 0 saturated heterocycles. The molecular formula is C13H15F2N3OS2. The lowest BCUT2D eigenvalue weighted by molar-refractivity contribution is -0.0503. The number of hydrogen-bond acceptors (Lipinski definition) is 6. The van der Waals surface area contributed by atoms with Gasteiger partial charge in [-0.2, -0.15) is 8.78 Å². The van der Waals surface area contributed by atoms with Crippen molar-refractivity contribution in [3.63, 3.8) is 0 Å². The van der Waals surface area contributed by atoms with Crippen molar-refractivity contribution in [1.29, 1.82) is 0 Å². The van der Waals surface area contributed by atoms with E-state index in [1.54, 1.807) is 18.2 Å². The number of rotatable bonds is 7. The number of nitrogens with one attached hydrogen (secondary N) is 1. The van der Waals surface area contributed by atoms with Gasteiger partial charge in [0.15, 0.2) is 4.34 Å². The average molecular weight is 331 g/mol. The van der Waals surface area contributed by atoms with Crippen LogP contribution < -0.4 is 10.1 Å². The minimum atomic E-state index is -2.82. The molecule has 2 aromatic rings. The highest BCUT2D eigenvalue weighted by Crippen LogP contribution is 2.31. The Labute approximate surface area is 129 Å². The number of thioether (sulfide) groups is 1. The van der Waals surface area contributed by atoms with Crippen molar-refractivity contribution >= 4 is 28.2 Å². The van der Waals surface area contributed by atoms with E-state index in [0.717, 1.165) is 9.47 Å². The van der Waals surface area contributed by atoms with Gasteiger partial charge >= 0.3 is 6.61 Å². The van der Waals surface area contributed by atoms with Crippen LogP contribution in [0.15, 0.2) is 28.6 Å². The summed E-state index contributed by atoms with van der Waals surface area (Å²) in [6.07, 6.45) is 0. The fraction of sp³-hybridized carbons (Fsp3) is 0.385. The minimum Gasteiger partial charge on any atom is -0.435 e. The molecule has 0 saturated carbocycles. The Morgan fingerprint density at radius 1 is 1.29 bits per heavy atom. The van der Waals surface area contributed by atoms with Crippen molar-refractivity contribution in [2.45, 2.75) is 36.6 Å². The van der Waals surface area contributed by atoms with E-state index in [-0.39, 0.29) is 11.8 Å². The molecule has 8 heteroatoms. The number of aromatic nitrogens is 2. The van der Waals surface area contributed by atoms with Gasteiger partial charge in [0.25, 0.3) is 0 Å². The lowest BCUT2D eigenvalue weighted by atomic mass is 10.2. The number of nitrogens with zero attached hydrogens (tertiary/aromatic N) is 2. The van der Waals surface area contributed by atoms with Crippen molar-refractivity contribution in [3.8, 4) is 5.75 Å². The van der Waals surface area contributed by atoms with Crippen molar-refractivity contribution in [2.75, 3.05) is 5.32 Å². The second-order valence-electron chi connectivity index (χ2n) is 4.45. The Bertz CT molecular complexity index is 578. The number of anilines is 1. The lowest BCUT2D eigenvalue weighted by Gasteiger charge is -2.09. The Balaban J connectivity index is 1.98. The minimum absolute atomic E-state index is 0.199. The Morgan fingerprint density at radius 3 is 2.76 bits per heavy atom. The van der Waals surface area contributed by atoms with Crippen LogP contribution in [0.2, 0.25) is 0 Å². The normalized spacial score (nSPS) is 11.1. The van der Waals surface area contributed by atoms with Gasteiger partial charge in [0.2, 0.25) is 5.13 Å². The molecule has 0 atom stereocenters. The molecule has 0 aliphatic rings. The molecule has 4 nitrogen and oxygen atoms in total. The smallest absolute Gasteiger partial charge is 0.387 e. The van der Waals surface area contributed by atoms with Crippen LogP contribution in [0.25, 0.3) is 0 Å². The Morgan fingerprint density at radius 2 is 2.05 bits per heavy atom. The summed E-state index contributed by atoms with van der Waals surface area (Å²) in [7, 11) is 0. The second kappa shape index (κ2) is 7.56. The van der Waals surface area contributed by atoms with E-state index >= 15 is 0 Å². The van der Waals surface area contributed by atoms with E-state index in [0.29, 0.717) is 11.3 Å². The monoisotopic (exact) mass is 331 g/mol. The van der Waals surface area contributed by atoms with Gasteiger partial charge in [-0.05, 0) is 19.9 Å². The molecule has 0 radical (unpaired) electrons. The summed E-state index contributed by atoms with van der Waals surface area (Å²) in [5.74, 6) is 0.698. The van der Waals surface area contributed by atoms with Gasteiger partial charge < -0.3 is 10.1 Å². The van der Waals surface area contributed by atoms with E-state index in [1.807, 2.05) is 13.8 Å². The summed E-state index contributed by atoms with van der Waals surface area (Å²) in [4.78, 5) is 0. The summed E-state index contributed by atoms with van der Waals surface area (Å²) >= 11 is 2.88. The number of ether oxygens (including phenoxy) is 1. The summed E-state index contributed by atoms with van der Waals surface area (Å²) < 4.78 is 29.9. The van der Waals surface area contributed by atoms with Crippen LogP contribution in [0, 0.1) is 0 Å². The van der Waals surface area contributed by atoms with Gasteiger partial charge in [0, 0.05) is 17.4 Å². The van der Waals surface area contributed by atoms with Gasteiger partial charge in [-0.1, -0.05) is 41.3 Å². The molecule has 1 heterocycles. The zero-order valence-electron chi connectivity index (χ0n) is 11.5. The summed E-state index contributed by atoms with van der Waals surface area (Å²) in [6.45, 7) is 1.22. The largest absolute Gasteiger partial charge is 0.435 e. The van der Waals surface area contributed by atoms with Gasteiger partial charge in [-0.25, -0.2) is 0 Å². The highest BCUT2D eigenvalue weighted by atomic mass is 32.2. The zero-order valence-corrected chi connectivity index (χ0v) is 13.2. The number of hydrogen-bond donors (Lipinski definition) is 1. The third-order valence-corrected chi connectivity index (χ3v) is 4.40. The molecular weight excluding hydrogens is 316 g/mol. The van der Waals surface area contributed by atoms with E-state index in [2.05, 4.69) is 20.3 Å². The fourth-order valence-electron chi connectivity index (χ4n) is 1.55. The molecule has 114 valence electrons. The quantitative estimate of drug-likeness (QED) is 0.769. The first-order valence-electron chi connectivity index (χ1n) is 6.30. The highest BCUT2D eigenvalue weighted by molar-refractivity contribution is 8.00. The first-order chi connectivity index (χ1) is 10.0. The topological polar surface area (TPSA) is 47.0 Å². The van der Waals surface area contributed by atoms with E-state index in [4.69, 9.17) is 0 Å². The van der Waals surface area contributed by atoms with Crippen LogP contribution in [0.3, 0.4) is 0 Å².